The van der Waals surface area contributed by atoms with E-state index in [1.165, 1.54) is 6.42 Å². The van der Waals surface area contributed by atoms with Crippen molar-refractivity contribution in [3.05, 3.63) is 0 Å². The van der Waals surface area contributed by atoms with Gasteiger partial charge in [0.1, 0.15) is 0 Å². The van der Waals surface area contributed by atoms with Gasteiger partial charge < -0.3 is 20.7 Å². The van der Waals surface area contributed by atoms with E-state index in [1.54, 1.807) is 0 Å². The first-order valence-electron chi connectivity index (χ1n) is 8.22. The molecule has 1 rings (SSSR count). The standard InChI is InChI=1S/C16H33N3O2/c1-5-8-18-16(3,15(17)20)10-13(2)19(4)11-14-7-6-9-21-12-14/h13-14,18H,5-12H2,1-4H3,(H2,17,20). The van der Waals surface area contributed by atoms with E-state index in [1.807, 2.05) is 6.92 Å². The summed E-state index contributed by atoms with van der Waals surface area (Å²) in [6.45, 7) is 9.76. The lowest BCUT2D eigenvalue weighted by atomic mass is 9.91. The van der Waals surface area contributed by atoms with Gasteiger partial charge in [-0.15, -0.1) is 0 Å². The summed E-state index contributed by atoms with van der Waals surface area (Å²) < 4.78 is 5.54. The second-order valence-corrected chi connectivity index (χ2v) is 6.70. The molecule has 1 saturated heterocycles. The van der Waals surface area contributed by atoms with Gasteiger partial charge in [-0.1, -0.05) is 6.92 Å². The first-order chi connectivity index (χ1) is 9.89. The molecule has 1 aliphatic rings. The molecule has 0 spiro atoms. The monoisotopic (exact) mass is 299 g/mol. The molecule has 0 saturated carbocycles. The molecule has 1 aliphatic heterocycles. The van der Waals surface area contributed by atoms with Crippen LogP contribution in [0.25, 0.3) is 0 Å². The Morgan fingerprint density at radius 3 is 2.81 bits per heavy atom. The zero-order valence-electron chi connectivity index (χ0n) is 14.2. The third-order valence-corrected chi connectivity index (χ3v) is 4.57. The predicted octanol–water partition coefficient (Wildman–Crippen LogP) is 1.37. The van der Waals surface area contributed by atoms with Gasteiger partial charge in [0, 0.05) is 19.2 Å². The van der Waals surface area contributed by atoms with Crippen molar-refractivity contribution >= 4 is 5.91 Å². The van der Waals surface area contributed by atoms with Crippen LogP contribution in [0.15, 0.2) is 0 Å². The molecule has 5 nitrogen and oxygen atoms in total. The topological polar surface area (TPSA) is 67.6 Å². The lowest BCUT2D eigenvalue weighted by Crippen LogP contribution is -2.56. The molecule has 0 aromatic rings. The SMILES string of the molecule is CCCNC(C)(CC(C)N(C)CC1CCCOC1)C(N)=O. The first-order valence-corrected chi connectivity index (χ1v) is 8.22. The predicted molar refractivity (Wildman–Crippen MR) is 86.1 cm³/mol. The number of hydrogen-bond acceptors (Lipinski definition) is 4. The molecule has 1 fully saturated rings. The van der Waals surface area contributed by atoms with Crippen molar-refractivity contribution < 1.29 is 9.53 Å². The molecule has 3 atom stereocenters. The Morgan fingerprint density at radius 2 is 2.29 bits per heavy atom. The zero-order valence-corrected chi connectivity index (χ0v) is 14.2. The number of nitrogens with zero attached hydrogens (tertiary/aromatic N) is 1. The molecular weight excluding hydrogens is 266 g/mol. The van der Waals surface area contributed by atoms with E-state index in [4.69, 9.17) is 10.5 Å². The molecule has 1 amide bonds. The van der Waals surface area contributed by atoms with Crippen LogP contribution >= 0.6 is 0 Å². The van der Waals surface area contributed by atoms with Crippen molar-refractivity contribution in [2.75, 3.05) is 33.4 Å². The maximum atomic E-state index is 11.8. The average Bonchev–Trinajstić information content (AvgIpc) is 2.46. The normalized spacial score (nSPS) is 23.8. The third kappa shape index (κ3) is 5.93. The summed E-state index contributed by atoms with van der Waals surface area (Å²) in [4.78, 5) is 14.1. The Kier molecular flexibility index (Phi) is 7.63. The number of nitrogens with two attached hydrogens (primary N) is 1. The minimum Gasteiger partial charge on any atom is -0.381 e. The maximum absolute atomic E-state index is 11.8. The van der Waals surface area contributed by atoms with Crippen LogP contribution in [0.4, 0.5) is 0 Å². The number of carbonyl (C=O) groups is 1. The van der Waals surface area contributed by atoms with Crippen LogP contribution in [0.1, 0.15) is 46.5 Å². The van der Waals surface area contributed by atoms with Gasteiger partial charge in [-0.05, 0) is 59.0 Å². The summed E-state index contributed by atoms with van der Waals surface area (Å²) in [5.74, 6) is 0.340. The number of amides is 1. The molecule has 0 aromatic carbocycles. The summed E-state index contributed by atoms with van der Waals surface area (Å²) in [6, 6.07) is 0.300. The van der Waals surface area contributed by atoms with Crippen LogP contribution in [0, 0.1) is 5.92 Å². The molecule has 1 heterocycles. The lowest BCUT2D eigenvalue weighted by molar-refractivity contribution is -0.124. The minimum absolute atomic E-state index is 0.266. The average molecular weight is 299 g/mol. The Hall–Kier alpha value is -0.650. The molecule has 124 valence electrons. The van der Waals surface area contributed by atoms with Gasteiger partial charge in [0.05, 0.1) is 12.1 Å². The molecule has 21 heavy (non-hydrogen) atoms. The highest BCUT2D eigenvalue weighted by Gasteiger charge is 2.33. The van der Waals surface area contributed by atoms with E-state index in [-0.39, 0.29) is 5.91 Å². The van der Waals surface area contributed by atoms with Crippen molar-refractivity contribution in [2.24, 2.45) is 11.7 Å². The quantitative estimate of drug-likeness (QED) is 0.675. The van der Waals surface area contributed by atoms with Crippen molar-refractivity contribution in [3.63, 3.8) is 0 Å². The molecule has 3 N–H and O–H groups in total. The Morgan fingerprint density at radius 1 is 1.57 bits per heavy atom. The first kappa shape index (κ1) is 18.4. The third-order valence-electron chi connectivity index (χ3n) is 4.57. The number of nitrogens with one attached hydrogen (secondary N) is 1. The number of hydrogen-bond donors (Lipinski definition) is 2. The number of primary amides is 1. The van der Waals surface area contributed by atoms with E-state index in [0.29, 0.717) is 12.0 Å². The molecule has 0 bridgehead atoms. The van der Waals surface area contributed by atoms with Crippen molar-refractivity contribution in [1.82, 2.24) is 10.2 Å². The van der Waals surface area contributed by atoms with Crippen LogP contribution < -0.4 is 11.1 Å². The van der Waals surface area contributed by atoms with Gasteiger partial charge in [-0.2, -0.15) is 0 Å². The van der Waals surface area contributed by atoms with E-state index in [9.17, 15) is 4.79 Å². The largest absolute Gasteiger partial charge is 0.381 e. The Labute approximate surface area is 129 Å². The van der Waals surface area contributed by atoms with Gasteiger partial charge >= 0.3 is 0 Å². The Bertz CT molecular complexity index is 319. The second kappa shape index (κ2) is 8.71. The number of rotatable bonds is 9. The maximum Gasteiger partial charge on any atom is 0.237 e. The molecule has 3 unspecified atom stereocenters. The molecule has 0 radical (unpaired) electrons. The van der Waals surface area contributed by atoms with Crippen LogP contribution in [-0.4, -0.2) is 55.7 Å². The van der Waals surface area contributed by atoms with Crippen molar-refractivity contribution in [1.29, 1.82) is 0 Å². The van der Waals surface area contributed by atoms with Gasteiger partial charge in [0.2, 0.25) is 5.91 Å². The summed E-state index contributed by atoms with van der Waals surface area (Å²) in [5.41, 5.74) is 4.97. The summed E-state index contributed by atoms with van der Waals surface area (Å²) in [6.07, 6.45) is 4.11. The Balaban J connectivity index is 2.50. The van der Waals surface area contributed by atoms with Crippen LogP contribution in [0.3, 0.4) is 0 Å². The fourth-order valence-corrected chi connectivity index (χ4v) is 2.95. The molecule has 0 aliphatic carbocycles. The van der Waals surface area contributed by atoms with E-state index < -0.39 is 5.54 Å². The lowest BCUT2D eigenvalue weighted by Gasteiger charge is -2.36. The fourth-order valence-electron chi connectivity index (χ4n) is 2.95. The van der Waals surface area contributed by atoms with Gasteiger partial charge in [0.15, 0.2) is 0 Å². The van der Waals surface area contributed by atoms with E-state index in [0.717, 1.165) is 45.6 Å². The van der Waals surface area contributed by atoms with Crippen LogP contribution in [0.5, 0.6) is 0 Å². The van der Waals surface area contributed by atoms with Gasteiger partial charge in [-0.25, -0.2) is 0 Å². The highest BCUT2D eigenvalue weighted by atomic mass is 16.5. The number of ether oxygens (including phenoxy) is 1. The summed E-state index contributed by atoms with van der Waals surface area (Å²) in [5, 5.41) is 3.31. The van der Waals surface area contributed by atoms with E-state index in [2.05, 4.69) is 31.1 Å². The van der Waals surface area contributed by atoms with Crippen LogP contribution in [-0.2, 0) is 9.53 Å². The van der Waals surface area contributed by atoms with Crippen LogP contribution in [0.2, 0.25) is 0 Å². The second-order valence-electron chi connectivity index (χ2n) is 6.70. The highest BCUT2D eigenvalue weighted by molar-refractivity contribution is 5.84. The summed E-state index contributed by atoms with van der Waals surface area (Å²) >= 11 is 0. The fraction of sp³-hybridized carbons (Fsp3) is 0.938. The molecule has 0 aromatic heterocycles. The summed E-state index contributed by atoms with van der Waals surface area (Å²) in [7, 11) is 2.13. The van der Waals surface area contributed by atoms with Gasteiger partial charge in [-0.3, -0.25) is 4.79 Å². The molecular formula is C16H33N3O2. The zero-order chi connectivity index (χ0) is 15.9. The highest BCUT2D eigenvalue weighted by Crippen LogP contribution is 2.19. The smallest absolute Gasteiger partial charge is 0.237 e. The van der Waals surface area contributed by atoms with Crippen molar-refractivity contribution in [3.8, 4) is 0 Å². The van der Waals surface area contributed by atoms with E-state index >= 15 is 0 Å². The van der Waals surface area contributed by atoms with Crippen molar-refractivity contribution in [2.45, 2.75) is 58.0 Å². The minimum atomic E-state index is -0.632. The number of carbonyl (C=O) groups excluding carboxylic acids is 1. The molecule has 5 heteroatoms. The van der Waals surface area contributed by atoms with Gasteiger partial charge in [0.25, 0.3) is 0 Å².